The minimum Gasteiger partial charge on any atom is -0.343 e. The fourth-order valence-electron chi connectivity index (χ4n) is 4.41. The number of rotatable bonds is 8. The van der Waals surface area contributed by atoms with Gasteiger partial charge >= 0.3 is 0 Å². The van der Waals surface area contributed by atoms with E-state index in [-0.39, 0.29) is 26.1 Å². The highest BCUT2D eigenvalue weighted by molar-refractivity contribution is 5.88. The van der Waals surface area contributed by atoms with Crippen LogP contribution in [0.5, 0.6) is 0 Å². The van der Waals surface area contributed by atoms with E-state index in [1.807, 2.05) is 42.5 Å². The minimum absolute atomic E-state index is 0.0491. The highest BCUT2D eigenvalue weighted by Gasteiger charge is 2.40. The number of amides is 2. The van der Waals surface area contributed by atoms with Gasteiger partial charge in [-0.3, -0.25) is 9.59 Å². The van der Waals surface area contributed by atoms with Gasteiger partial charge < -0.3 is 16.0 Å². The van der Waals surface area contributed by atoms with Gasteiger partial charge in [-0.1, -0.05) is 73.7 Å². The molecule has 2 aromatic carbocycles. The molecular formula is C26H31FN6O2. The zero-order valence-corrected chi connectivity index (χ0v) is 20.0. The van der Waals surface area contributed by atoms with Crippen molar-refractivity contribution < 1.29 is 14.0 Å². The Kier molecular flexibility index (Phi) is 7.55. The average molecular weight is 479 g/mol. The maximum atomic E-state index is 14.4. The largest absolute Gasteiger partial charge is 0.343 e. The number of hydrogen-bond donors (Lipinski definition) is 2. The predicted octanol–water partition coefficient (Wildman–Crippen LogP) is 2.71. The normalized spacial score (nSPS) is 18.6. The average Bonchev–Trinajstić information content (AvgIpc) is 3.49. The Morgan fingerprint density at radius 2 is 1.74 bits per heavy atom. The molecule has 4 rings (SSSR count). The van der Waals surface area contributed by atoms with Crippen molar-refractivity contribution in [1.29, 1.82) is 0 Å². The number of carbonyl (C=O) groups is 2. The number of alkyl halides is 1. The van der Waals surface area contributed by atoms with Gasteiger partial charge in [0.25, 0.3) is 0 Å². The molecule has 1 saturated heterocycles. The molecule has 1 aliphatic rings. The summed E-state index contributed by atoms with van der Waals surface area (Å²) in [5.74, 6) is -0.404. The standard InChI is InChI=1S/C26H31FN6O2/c1-17(2)18-8-10-20(11-9-18)25(19-6-4-3-5-7-19)30-26(35)23-12-21(27)15-32(23)24(34)16-33-22(13-28)14-29-31-33/h3-11,14,17,21,23,25H,12-13,15-16,28H2,1-2H3,(H,30,35). The van der Waals surface area contributed by atoms with E-state index in [4.69, 9.17) is 5.73 Å². The smallest absolute Gasteiger partial charge is 0.245 e. The van der Waals surface area contributed by atoms with Crippen molar-refractivity contribution >= 4 is 11.8 Å². The molecule has 3 N–H and O–H groups in total. The van der Waals surface area contributed by atoms with Crippen molar-refractivity contribution in [2.45, 2.75) is 57.5 Å². The molecule has 2 heterocycles. The molecule has 9 heteroatoms. The summed E-state index contributed by atoms with van der Waals surface area (Å²) in [4.78, 5) is 27.8. The zero-order valence-electron chi connectivity index (χ0n) is 20.0. The molecule has 0 aliphatic carbocycles. The molecule has 0 spiro atoms. The van der Waals surface area contributed by atoms with Crippen LogP contribution < -0.4 is 11.1 Å². The lowest BCUT2D eigenvalue weighted by molar-refractivity contribution is -0.139. The molecule has 8 nitrogen and oxygen atoms in total. The Hall–Kier alpha value is -3.59. The third-order valence-corrected chi connectivity index (χ3v) is 6.42. The highest BCUT2D eigenvalue weighted by atomic mass is 19.1. The molecule has 184 valence electrons. The lowest BCUT2D eigenvalue weighted by Crippen LogP contribution is -2.48. The number of aromatic nitrogens is 3. The van der Waals surface area contributed by atoms with E-state index in [9.17, 15) is 14.0 Å². The Bertz CT molecular complexity index is 1150. The van der Waals surface area contributed by atoms with Gasteiger partial charge in [0.05, 0.1) is 24.5 Å². The fourth-order valence-corrected chi connectivity index (χ4v) is 4.41. The van der Waals surface area contributed by atoms with Gasteiger partial charge in [-0.15, -0.1) is 5.10 Å². The fraction of sp³-hybridized carbons (Fsp3) is 0.385. The summed E-state index contributed by atoms with van der Waals surface area (Å²) >= 11 is 0. The van der Waals surface area contributed by atoms with Gasteiger partial charge in [0.2, 0.25) is 11.8 Å². The Morgan fingerprint density at radius 1 is 1.09 bits per heavy atom. The highest BCUT2D eigenvalue weighted by Crippen LogP contribution is 2.27. The molecule has 1 aliphatic heterocycles. The Morgan fingerprint density at radius 3 is 2.40 bits per heavy atom. The Labute approximate surface area is 204 Å². The van der Waals surface area contributed by atoms with E-state index >= 15 is 0 Å². The molecule has 1 aromatic heterocycles. The molecule has 1 fully saturated rings. The minimum atomic E-state index is -1.28. The van der Waals surface area contributed by atoms with Gasteiger partial charge in [0.1, 0.15) is 18.8 Å². The number of benzene rings is 2. The van der Waals surface area contributed by atoms with Gasteiger partial charge in [0.15, 0.2) is 0 Å². The predicted molar refractivity (Wildman–Crippen MR) is 130 cm³/mol. The zero-order chi connectivity index (χ0) is 24.9. The summed E-state index contributed by atoms with van der Waals surface area (Å²) in [6, 6.07) is 16.4. The van der Waals surface area contributed by atoms with Crippen LogP contribution in [0.2, 0.25) is 0 Å². The lowest BCUT2D eigenvalue weighted by atomic mass is 9.95. The number of hydrogen-bond acceptors (Lipinski definition) is 5. The molecule has 0 bridgehead atoms. The first-order chi connectivity index (χ1) is 16.9. The van der Waals surface area contributed by atoms with Crippen LogP contribution in [-0.4, -0.2) is 50.5 Å². The summed E-state index contributed by atoms with van der Waals surface area (Å²) in [5.41, 5.74) is 9.27. The quantitative estimate of drug-likeness (QED) is 0.518. The monoisotopic (exact) mass is 478 g/mol. The molecule has 2 amide bonds. The summed E-state index contributed by atoms with van der Waals surface area (Å²) in [6.45, 7) is 4.13. The molecule has 3 aromatic rings. The first kappa shape index (κ1) is 24.5. The van der Waals surface area contributed by atoms with Crippen LogP contribution in [0.3, 0.4) is 0 Å². The molecule has 3 atom stereocenters. The summed E-state index contributed by atoms with van der Waals surface area (Å²) in [5, 5.41) is 10.7. The number of nitrogens with zero attached hydrogens (tertiary/aromatic N) is 4. The maximum Gasteiger partial charge on any atom is 0.245 e. The molecule has 35 heavy (non-hydrogen) atoms. The summed E-state index contributed by atoms with van der Waals surface area (Å²) in [7, 11) is 0. The summed E-state index contributed by atoms with van der Waals surface area (Å²) < 4.78 is 15.8. The van der Waals surface area contributed by atoms with Crippen molar-refractivity contribution in [3.63, 3.8) is 0 Å². The van der Waals surface area contributed by atoms with Crippen LogP contribution in [0, 0.1) is 0 Å². The molecule has 0 saturated carbocycles. The van der Waals surface area contributed by atoms with E-state index in [1.54, 1.807) is 0 Å². The van der Waals surface area contributed by atoms with Crippen molar-refractivity contribution in [2.24, 2.45) is 5.73 Å². The summed E-state index contributed by atoms with van der Waals surface area (Å²) in [6.07, 6.45) is 0.154. The van der Waals surface area contributed by atoms with Gasteiger partial charge in [-0.05, 0) is 22.6 Å². The second-order valence-corrected chi connectivity index (χ2v) is 9.16. The van der Waals surface area contributed by atoms with Crippen LogP contribution in [0.1, 0.15) is 54.6 Å². The van der Waals surface area contributed by atoms with E-state index in [1.165, 1.54) is 21.3 Å². The number of likely N-dealkylation sites (tertiary alicyclic amines) is 1. The third kappa shape index (κ3) is 5.57. The van der Waals surface area contributed by atoms with Gasteiger partial charge in [-0.25, -0.2) is 9.07 Å². The van der Waals surface area contributed by atoms with Gasteiger partial charge in [0, 0.05) is 13.0 Å². The van der Waals surface area contributed by atoms with Crippen LogP contribution in [0.25, 0.3) is 0 Å². The number of nitrogens with two attached hydrogens (primary N) is 1. The van der Waals surface area contributed by atoms with Crippen LogP contribution in [-0.2, 0) is 22.7 Å². The van der Waals surface area contributed by atoms with E-state index in [2.05, 4.69) is 41.6 Å². The van der Waals surface area contributed by atoms with Crippen molar-refractivity contribution in [2.75, 3.05) is 6.54 Å². The maximum absolute atomic E-state index is 14.4. The topological polar surface area (TPSA) is 106 Å². The molecule has 3 unspecified atom stereocenters. The number of carbonyl (C=O) groups excluding carboxylic acids is 2. The van der Waals surface area contributed by atoms with Crippen LogP contribution in [0.4, 0.5) is 4.39 Å². The van der Waals surface area contributed by atoms with E-state index in [0.717, 1.165) is 11.1 Å². The number of halogens is 1. The molecule has 0 radical (unpaired) electrons. The van der Waals surface area contributed by atoms with Crippen LogP contribution in [0.15, 0.2) is 60.8 Å². The SMILES string of the molecule is CC(C)c1ccc(C(NC(=O)C2CC(F)CN2C(=O)Cn2nncc2CN)c2ccccc2)cc1. The molecular weight excluding hydrogens is 447 g/mol. The number of nitrogens with one attached hydrogen (secondary N) is 1. The van der Waals surface area contributed by atoms with Crippen molar-refractivity contribution in [1.82, 2.24) is 25.2 Å². The first-order valence-electron chi connectivity index (χ1n) is 11.8. The third-order valence-electron chi connectivity index (χ3n) is 6.42. The van der Waals surface area contributed by atoms with E-state index < -0.39 is 30.1 Å². The second kappa shape index (κ2) is 10.8. The Balaban J connectivity index is 1.55. The second-order valence-electron chi connectivity index (χ2n) is 9.16. The van der Waals surface area contributed by atoms with Gasteiger partial charge in [-0.2, -0.15) is 0 Å². The lowest BCUT2D eigenvalue weighted by Gasteiger charge is -2.27. The first-order valence-corrected chi connectivity index (χ1v) is 11.8. The van der Waals surface area contributed by atoms with E-state index in [0.29, 0.717) is 11.6 Å². The van der Waals surface area contributed by atoms with Crippen LogP contribution >= 0.6 is 0 Å². The van der Waals surface area contributed by atoms with Crippen molar-refractivity contribution in [3.8, 4) is 0 Å². The van der Waals surface area contributed by atoms with Crippen molar-refractivity contribution in [3.05, 3.63) is 83.2 Å².